The fourth-order valence-electron chi connectivity index (χ4n) is 2.46. The van der Waals surface area contributed by atoms with Crippen molar-refractivity contribution in [3.8, 4) is 17.0 Å². The van der Waals surface area contributed by atoms with Crippen LogP contribution in [0.2, 0.25) is 0 Å². The summed E-state index contributed by atoms with van der Waals surface area (Å²) < 4.78 is 30.7. The van der Waals surface area contributed by atoms with Gasteiger partial charge in [0.05, 0.1) is 7.11 Å². The van der Waals surface area contributed by atoms with E-state index in [1.165, 1.54) is 6.07 Å². The molecule has 1 aliphatic rings. The highest BCUT2D eigenvalue weighted by Gasteiger charge is 2.33. The maximum absolute atomic E-state index is 14.2. The zero-order valence-corrected chi connectivity index (χ0v) is 13.5. The molecule has 0 N–H and O–H groups in total. The van der Waals surface area contributed by atoms with E-state index < -0.39 is 7.12 Å². The van der Waals surface area contributed by atoms with Gasteiger partial charge in [-0.3, -0.25) is 0 Å². The van der Waals surface area contributed by atoms with Crippen LogP contribution in [-0.2, 0) is 9.31 Å². The van der Waals surface area contributed by atoms with Crippen molar-refractivity contribution in [2.75, 3.05) is 20.3 Å². The van der Waals surface area contributed by atoms with Crippen molar-refractivity contribution in [2.45, 2.75) is 13.8 Å². The molecular formula is C17H19BFNO3. The molecule has 1 aromatic carbocycles. The zero-order chi connectivity index (χ0) is 16.4. The molecule has 0 aliphatic carbocycles. The molecule has 1 saturated heterocycles. The number of rotatable bonds is 3. The molecule has 0 unspecified atom stereocenters. The fourth-order valence-corrected chi connectivity index (χ4v) is 2.46. The zero-order valence-electron chi connectivity index (χ0n) is 13.5. The Labute approximate surface area is 135 Å². The molecule has 6 heteroatoms. The third-order valence-corrected chi connectivity index (χ3v) is 3.77. The maximum Gasteiger partial charge on any atom is 0.493 e. The minimum absolute atomic E-state index is 0.000730. The second-order valence-corrected chi connectivity index (χ2v) is 6.45. The number of pyridine rings is 1. The van der Waals surface area contributed by atoms with Crippen LogP contribution in [0.5, 0.6) is 5.88 Å². The van der Waals surface area contributed by atoms with E-state index in [0.717, 1.165) is 5.46 Å². The minimum atomic E-state index is -0.464. The molecule has 2 heterocycles. The highest BCUT2D eigenvalue weighted by atomic mass is 19.1. The Morgan fingerprint density at radius 2 is 1.91 bits per heavy atom. The number of hydrogen-bond acceptors (Lipinski definition) is 4. The molecule has 0 saturated carbocycles. The van der Waals surface area contributed by atoms with E-state index >= 15 is 0 Å². The third-order valence-electron chi connectivity index (χ3n) is 3.77. The fraction of sp³-hybridized carbons (Fsp3) is 0.353. The number of aromatic nitrogens is 1. The number of nitrogens with zero attached hydrogens (tertiary/aromatic N) is 1. The van der Waals surface area contributed by atoms with Crippen LogP contribution in [0.4, 0.5) is 4.39 Å². The first kappa shape index (κ1) is 16.0. The molecule has 4 nitrogen and oxygen atoms in total. The summed E-state index contributed by atoms with van der Waals surface area (Å²) in [4.78, 5) is 4.12. The molecule has 23 heavy (non-hydrogen) atoms. The van der Waals surface area contributed by atoms with Gasteiger partial charge in [0.2, 0.25) is 5.88 Å². The number of hydrogen-bond donors (Lipinski definition) is 0. The van der Waals surface area contributed by atoms with Gasteiger partial charge < -0.3 is 14.0 Å². The normalized spacial score (nSPS) is 17.1. The van der Waals surface area contributed by atoms with E-state index in [2.05, 4.69) is 18.8 Å². The lowest BCUT2D eigenvalue weighted by Gasteiger charge is -2.33. The monoisotopic (exact) mass is 315 g/mol. The smallest absolute Gasteiger partial charge is 0.481 e. The van der Waals surface area contributed by atoms with Crippen molar-refractivity contribution in [1.82, 2.24) is 4.98 Å². The van der Waals surface area contributed by atoms with Crippen molar-refractivity contribution in [3.05, 3.63) is 42.3 Å². The van der Waals surface area contributed by atoms with Crippen molar-refractivity contribution in [2.24, 2.45) is 5.41 Å². The van der Waals surface area contributed by atoms with E-state index in [1.807, 2.05) is 0 Å². The molecule has 0 bridgehead atoms. The Kier molecular flexibility index (Phi) is 4.37. The first-order valence-electron chi connectivity index (χ1n) is 7.52. The Morgan fingerprint density at radius 1 is 1.17 bits per heavy atom. The molecule has 2 aromatic rings. The first-order valence-corrected chi connectivity index (χ1v) is 7.52. The highest BCUT2D eigenvalue weighted by molar-refractivity contribution is 6.61. The van der Waals surface area contributed by atoms with Gasteiger partial charge in [0.1, 0.15) is 5.82 Å². The molecule has 0 amide bonds. The SMILES string of the molecule is COc1ccc(-c2cc(B3OCC(C)(C)CO3)ccc2F)cn1. The Bertz CT molecular complexity index is 681. The van der Waals surface area contributed by atoms with E-state index in [0.29, 0.717) is 30.2 Å². The van der Waals surface area contributed by atoms with Gasteiger partial charge in [0.15, 0.2) is 0 Å². The number of halogens is 1. The minimum Gasteiger partial charge on any atom is -0.481 e. The number of methoxy groups -OCH3 is 1. The summed E-state index contributed by atoms with van der Waals surface area (Å²) in [6, 6.07) is 8.36. The quantitative estimate of drug-likeness (QED) is 0.817. The van der Waals surface area contributed by atoms with E-state index in [1.54, 1.807) is 37.6 Å². The Morgan fingerprint density at radius 3 is 2.52 bits per heavy atom. The van der Waals surface area contributed by atoms with Crippen LogP contribution in [0.3, 0.4) is 0 Å². The summed E-state index contributed by atoms with van der Waals surface area (Å²) >= 11 is 0. The van der Waals surface area contributed by atoms with E-state index in [4.69, 9.17) is 14.0 Å². The summed E-state index contributed by atoms with van der Waals surface area (Å²) in [6.07, 6.45) is 1.59. The molecular weight excluding hydrogens is 296 g/mol. The standard InChI is InChI=1S/C17H19BFNO3/c1-17(2)10-22-18(23-11-17)13-5-6-15(19)14(8-13)12-4-7-16(21-3)20-9-12/h4-9H,10-11H2,1-3H3. The van der Waals surface area contributed by atoms with Crippen LogP contribution in [0.15, 0.2) is 36.5 Å². The van der Waals surface area contributed by atoms with Crippen molar-refractivity contribution in [1.29, 1.82) is 0 Å². The summed E-state index contributed by atoms with van der Waals surface area (Å²) in [7, 11) is 1.08. The highest BCUT2D eigenvalue weighted by Crippen LogP contribution is 2.25. The summed E-state index contributed by atoms with van der Waals surface area (Å²) in [5, 5.41) is 0. The predicted molar refractivity (Wildman–Crippen MR) is 87.3 cm³/mol. The second-order valence-electron chi connectivity index (χ2n) is 6.45. The second kappa shape index (κ2) is 6.30. The van der Waals surface area contributed by atoms with Gasteiger partial charge in [0.25, 0.3) is 0 Å². The van der Waals surface area contributed by atoms with Crippen molar-refractivity contribution >= 4 is 12.6 Å². The van der Waals surface area contributed by atoms with Crippen LogP contribution < -0.4 is 10.2 Å². The molecule has 1 fully saturated rings. The van der Waals surface area contributed by atoms with Crippen LogP contribution in [0, 0.1) is 11.2 Å². The third kappa shape index (κ3) is 3.54. The summed E-state index contributed by atoms with van der Waals surface area (Å²) in [6.45, 7) is 5.38. The summed E-state index contributed by atoms with van der Waals surface area (Å²) in [5.74, 6) is 0.184. The Hall–Kier alpha value is -1.92. The molecule has 120 valence electrons. The van der Waals surface area contributed by atoms with Gasteiger partial charge >= 0.3 is 7.12 Å². The van der Waals surface area contributed by atoms with Crippen LogP contribution in [-0.4, -0.2) is 32.4 Å². The van der Waals surface area contributed by atoms with Crippen LogP contribution in [0.25, 0.3) is 11.1 Å². The van der Waals surface area contributed by atoms with Gasteiger partial charge in [0, 0.05) is 42.0 Å². The average Bonchev–Trinajstić information content (AvgIpc) is 2.56. The topological polar surface area (TPSA) is 40.6 Å². The Balaban J connectivity index is 1.87. The van der Waals surface area contributed by atoms with Crippen LogP contribution >= 0.6 is 0 Å². The van der Waals surface area contributed by atoms with Crippen molar-refractivity contribution < 1.29 is 18.4 Å². The molecule has 0 atom stereocenters. The first-order chi connectivity index (χ1) is 11.0. The lowest BCUT2D eigenvalue weighted by Crippen LogP contribution is -2.47. The van der Waals surface area contributed by atoms with Crippen molar-refractivity contribution in [3.63, 3.8) is 0 Å². The van der Waals surface area contributed by atoms with E-state index in [-0.39, 0.29) is 11.2 Å². The van der Waals surface area contributed by atoms with Gasteiger partial charge in [-0.15, -0.1) is 0 Å². The molecule has 0 radical (unpaired) electrons. The van der Waals surface area contributed by atoms with Gasteiger partial charge in [-0.2, -0.15) is 0 Å². The number of ether oxygens (including phenoxy) is 1. The molecule has 0 spiro atoms. The lowest BCUT2D eigenvalue weighted by molar-refractivity contribution is 0.0343. The van der Waals surface area contributed by atoms with Gasteiger partial charge in [-0.25, -0.2) is 9.37 Å². The molecule has 3 rings (SSSR count). The predicted octanol–water partition coefficient (Wildman–Crippen LogP) is 2.66. The summed E-state index contributed by atoms with van der Waals surface area (Å²) in [5.41, 5.74) is 1.95. The van der Waals surface area contributed by atoms with Gasteiger partial charge in [-0.1, -0.05) is 26.0 Å². The molecule has 1 aromatic heterocycles. The molecule has 1 aliphatic heterocycles. The van der Waals surface area contributed by atoms with Gasteiger partial charge in [-0.05, 0) is 17.6 Å². The van der Waals surface area contributed by atoms with Crippen LogP contribution in [0.1, 0.15) is 13.8 Å². The maximum atomic E-state index is 14.2. The lowest BCUT2D eigenvalue weighted by atomic mass is 9.75. The van der Waals surface area contributed by atoms with E-state index in [9.17, 15) is 4.39 Å². The largest absolute Gasteiger partial charge is 0.493 e. The average molecular weight is 315 g/mol. The number of benzene rings is 1.